The minimum absolute atomic E-state index is 0.0444. The van der Waals surface area contributed by atoms with Gasteiger partial charge in [0.05, 0.1) is 16.1 Å². The quantitative estimate of drug-likeness (QED) is 0.868. The molecule has 1 amide bonds. The third-order valence-corrected chi connectivity index (χ3v) is 4.35. The van der Waals surface area contributed by atoms with Gasteiger partial charge in [0.1, 0.15) is 5.82 Å². The lowest BCUT2D eigenvalue weighted by atomic mass is 10.0. The fraction of sp³-hybridized carbons (Fsp3) is 0.235. The molecular formula is C17H15BrFNO. The van der Waals surface area contributed by atoms with Crippen LogP contribution in [-0.2, 0) is 0 Å². The molecule has 1 aliphatic carbocycles. The van der Waals surface area contributed by atoms with Gasteiger partial charge in [0.15, 0.2) is 0 Å². The molecule has 0 radical (unpaired) electrons. The van der Waals surface area contributed by atoms with Crippen LogP contribution in [0.5, 0.6) is 0 Å². The predicted octanol–water partition coefficient (Wildman–Crippen LogP) is 4.47. The van der Waals surface area contributed by atoms with Gasteiger partial charge in [-0.15, -0.1) is 0 Å². The molecule has 21 heavy (non-hydrogen) atoms. The van der Waals surface area contributed by atoms with Gasteiger partial charge >= 0.3 is 0 Å². The fourth-order valence-corrected chi connectivity index (χ4v) is 2.83. The Morgan fingerprint density at radius 2 is 1.86 bits per heavy atom. The molecule has 1 atom stereocenters. The van der Waals surface area contributed by atoms with Crippen molar-refractivity contribution in [3.05, 3.63) is 69.9 Å². The lowest BCUT2D eigenvalue weighted by molar-refractivity contribution is 0.0927. The maximum atomic E-state index is 14.0. The maximum absolute atomic E-state index is 14.0. The van der Waals surface area contributed by atoms with Crippen LogP contribution in [0.4, 0.5) is 4.39 Å². The van der Waals surface area contributed by atoms with E-state index in [0.717, 1.165) is 18.4 Å². The number of nitrogens with one attached hydrogen (secondary N) is 1. The van der Waals surface area contributed by atoms with Crippen LogP contribution in [0.1, 0.15) is 34.8 Å². The van der Waals surface area contributed by atoms with Crippen LogP contribution in [0.3, 0.4) is 0 Å². The third-order valence-electron chi connectivity index (χ3n) is 3.73. The first-order valence-corrected chi connectivity index (χ1v) is 7.76. The van der Waals surface area contributed by atoms with Crippen molar-refractivity contribution in [2.45, 2.75) is 18.9 Å². The Morgan fingerprint density at radius 1 is 1.14 bits per heavy atom. The average molecular weight is 348 g/mol. The van der Waals surface area contributed by atoms with Crippen LogP contribution >= 0.6 is 15.9 Å². The van der Waals surface area contributed by atoms with Crippen molar-refractivity contribution in [3.8, 4) is 0 Å². The Bertz CT molecular complexity index is 655. The van der Waals surface area contributed by atoms with E-state index in [0.29, 0.717) is 10.4 Å². The zero-order valence-corrected chi connectivity index (χ0v) is 12.9. The molecule has 0 bridgehead atoms. The van der Waals surface area contributed by atoms with Crippen LogP contribution in [0.25, 0.3) is 0 Å². The summed E-state index contributed by atoms with van der Waals surface area (Å²) in [6.45, 7) is 0. The van der Waals surface area contributed by atoms with Crippen molar-refractivity contribution >= 4 is 21.8 Å². The summed E-state index contributed by atoms with van der Waals surface area (Å²) >= 11 is 3.11. The van der Waals surface area contributed by atoms with E-state index in [-0.39, 0.29) is 17.5 Å². The molecule has 2 aromatic rings. The van der Waals surface area contributed by atoms with Gasteiger partial charge in [0, 0.05) is 0 Å². The Balaban J connectivity index is 1.83. The van der Waals surface area contributed by atoms with Crippen LogP contribution < -0.4 is 5.32 Å². The van der Waals surface area contributed by atoms with E-state index in [2.05, 4.69) is 21.2 Å². The van der Waals surface area contributed by atoms with Gasteiger partial charge in [0.25, 0.3) is 5.91 Å². The highest BCUT2D eigenvalue weighted by molar-refractivity contribution is 9.10. The van der Waals surface area contributed by atoms with E-state index >= 15 is 0 Å². The standard InChI is InChI=1S/C17H15BrFNO/c18-14-8-4-7-13(15(14)19)17(21)20-16(12-9-10-12)11-5-2-1-3-6-11/h1-8,12,16H,9-10H2,(H,20,21). The summed E-state index contributed by atoms with van der Waals surface area (Å²) in [4.78, 5) is 12.4. The van der Waals surface area contributed by atoms with Crippen molar-refractivity contribution in [1.29, 1.82) is 0 Å². The van der Waals surface area contributed by atoms with Gasteiger partial charge in [-0.2, -0.15) is 0 Å². The van der Waals surface area contributed by atoms with Gasteiger partial charge in [-0.05, 0) is 52.4 Å². The monoisotopic (exact) mass is 347 g/mol. The summed E-state index contributed by atoms with van der Waals surface area (Å²) < 4.78 is 14.3. The minimum atomic E-state index is -0.516. The van der Waals surface area contributed by atoms with Crippen LogP contribution in [0, 0.1) is 11.7 Å². The summed E-state index contributed by atoms with van der Waals surface area (Å²) in [5.41, 5.74) is 1.15. The Hall–Kier alpha value is -1.68. The molecule has 1 fully saturated rings. The topological polar surface area (TPSA) is 29.1 Å². The van der Waals surface area contributed by atoms with Gasteiger partial charge in [0.2, 0.25) is 0 Å². The Labute approximate surface area is 131 Å². The third kappa shape index (κ3) is 3.16. The summed E-state index contributed by atoms with van der Waals surface area (Å²) in [7, 11) is 0. The Morgan fingerprint density at radius 3 is 2.52 bits per heavy atom. The second kappa shape index (κ2) is 5.98. The minimum Gasteiger partial charge on any atom is -0.345 e. The first-order chi connectivity index (χ1) is 10.2. The average Bonchev–Trinajstić information content (AvgIpc) is 3.33. The zero-order chi connectivity index (χ0) is 14.8. The molecule has 0 aromatic heterocycles. The van der Waals surface area contributed by atoms with Crippen LogP contribution in [0.15, 0.2) is 53.0 Å². The number of benzene rings is 2. The van der Waals surface area contributed by atoms with Crippen molar-refractivity contribution < 1.29 is 9.18 Å². The second-order valence-electron chi connectivity index (χ2n) is 5.30. The van der Waals surface area contributed by atoms with Gasteiger partial charge < -0.3 is 5.32 Å². The van der Waals surface area contributed by atoms with E-state index in [1.807, 2.05) is 30.3 Å². The van der Waals surface area contributed by atoms with E-state index in [4.69, 9.17) is 0 Å². The highest BCUT2D eigenvalue weighted by Crippen LogP contribution is 2.41. The molecule has 0 saturated heterocycles. The van der Waals surface area contributed by atoms with Crippen molar-refractivity contribution in [2.24, 2.45) is 5.92 Å². The first-order valence-electron chi connectivity index (χ1n) is 6.96. The number of rotatable bonds is 4. The smallest absolute Gasteiger partial charge is 0.254 e. The summed E-state index contributed by atoms with van der Waals surface area (Å²) in [6, 6.07) is 14.6. The molecule has 4 heteroatoms. The van der Waals surface area contributed by atoms with E-state index < -0.39 is 5.82 Å². The summed E-state index contributed by atoms with van der Waals surface area (Å²) in [5.74, 6) is -0.432. The van der Waals surface area contributed by atoms with E-state index in [9.17, 15) is 9.18 Å². The van der Waals surface area contributed by atoms with Crippen LogP contribution in [0.2, 0.25) is 0 Å². The Kier molecular flexibility index (Phi) is 4.06. The molecule has 1 N–H and O–H groups in total. The predicted molar refractivity (Wildman–Crippen MR) is 83.5 cm³/mol. The molecule has 108 valence electrons. The number of amides is 1. The van der Waals surface area contributed by atoms with Crippen molar-refractivity contribution in [3.63, 3.8) is 0 Å². The highest BCUT2D eigenvalue weighted by Gasteiger charge is 2.33. The fourth-order valence-electron chi connectivity index (χ4n) is 2.46. The van der Waals surface area contributed by atoms with Gasteiger partial charge in [-0.3, -0.25) is 4.79 Å². The van der Waals surface area contributed by atoms with Crippen molar-refractivity contribution in [2.75, 3.05) is 0 Å². The number of carbonyl (C=O) groups is 1. The van der Waals surface area contributed by atoms with Gasteiger partial charge in [-0.1, -0.05) is 36.4 Å². The van der Waals surface area contributed by atoms with Crippen molar-refractivity contribution in [1.82, 2.24) is 5.32 Å². The molecule has 3 rings (SSSR count). The number of carbonyl (C=O) groups excluding carboxylic acids is 1. The van der Waals surface area contributed by atoms with E-state index in [1.54, 1.807) is 12.1 Å². The summed E-state index contributed by atoms with van der Waals surface area (Å²) in [6.07, 6.45) is 2.20. The highest BCUT2D eigenvalue weighted by atomic mass is 79.9. The molecule has 0 heterocycles. The molecule has 2 nitrogen and oxygen atoms in total. The number of halogens is 2. The van der Waals surface area contributed by atoms with Crippen LogP contribution in [-0.4, -0.2) is 5.91 Å². The molecule has 0 spiro atoms. The lowest BCUT2D eigenvalue weighted by Gasteiger charge is -2.19. The molecule has 1 aliphatic rings. The largest absolute Gasteiger partial charge is 0.345 e. The summed E-state index contributed by atoms with van der Waals surface area (Å²) in [5, 5.41) is 2.98. The molecule has 1 unspecified atom stereocenters. The van der Waals surface area contributed by atoms with E-state index in [1.165, 1.54) is 6.07 Å². The molecule has 2 aromatic carbocycles. The first kappa shape index (κ1) is 14.3. The zero-order valence-electron chi connectivity index (χ0n) is 11.4. The second-order valence-corrected chi connectivity index (χ2v) is 6.15. The molecular weight excluding hydrogens is 333 g/mol. The normalized spacial score (nSPS) is 15.5. The van der Waals surface area contributed by atoms with Gasteiger partial charge in [-0.25, -0.2) is 4.39 Å². The molecule has 1 saturated carbocycles. The SMILES string of the molecule is O=C(NC(c1ccccc1)C1CC1)c1cccc(Br)c1F. The molecule has 0 aliphatic heterocycles. The number of hydrogen-bond acceptors (Lipinski definition) is 1. The number of hydrogen-bond donors (Lipinski definition) is 1. The lowest BCUT2D eigenvalue weighted by Crippen LogP contribution is -2.30. The maximum Gasteiger partial charge on any atom is 0.254 e.